The largest absolute Gasteiger partial charge is 0.726 e. The number of nitrogens with two attached hydrogens (primary N) is 1. The van der Waals surface area contributed by atoms with Crippen LogP contribution in [0, 0.1) is 34.0 Å². The van der Waals surface area contributed by atoms with Gasteiger partial charge in [-0.1, -0.05) is 34.1 Å². The SMILES string of the molecule is C[N+](C)=C(N)N/C=C1\CC[C@@H]2[C@](C)(CC[C@@H]3C(C)(C)CCC[C@]23C)[C@@H]1CCc1ccoc1.O=S(=O)([O-])O. The Hall–Kier alpha value is -1.84. The van der Waals surface area contributed by atoms with Crippen LogP contribution in [-0.4, -0.2) is 42.2 Å². The number of hydrogen-bond donors (Lipinski definition) is 3. The molecule has 210 valence electrons. The van der Waals surface area contributed by atoms with E-state index in [0.717, 1.165) is 18.3 Å². The minimum atomic E-state index is -4.92. The first-order valence-corrected chi connectivity index (χ1v) is 14.9. The van der Waals surface area contributed by atoms with Crippen LogP contribution in [0.2, 0.25) is 0 Å². The Kier molecular flexibility index (Phi) is 8.92. The van der Waals surface area contributed by atoms with E-state index in [1.54, 1.807) is 5.57 Å². The summed E-state index contributed by atoms with van der Waals surface area (Å²) in [5.41, 5.74) is 10.4. The van der Waals surface area contributed by atoms with E-state index in [1.807, 2.05) is 31.2 Å². The third-order valence-corrected chi connectivity index (χ3v) is 9.99. The van der Waals surface area contributed by atoms with Gasteiger partial charge in [0.15, 0.2) is 0 Å². The average molecular weight is 538 g/mol. The van der Waals surface area contributed by atoms with Gasteiger partial charge < -0.3 is 8.97 Å². The van der Waals surface area contributed by atoms with Crippen molar-refractivity contribution in [2.24, 2.45) is 39.7 Å². The molecule has 3 saturated carbocycles. The molecule has 3 fully saturated rings. The van der Waals surface area contributed by atoms with Gasteiger partial charge in [-0.3, -0.25) is 20.2 Å². The Morgan fingerprint density at radius 1 is 1.19 bits per heavy atom. The summed E-state index contributed by atoms with van der Waals surface area (Å²) in [6.07, 6.45) is 17.7. The van der Waals surface area contributed by atoms with E-state index in [9.17, 15) is 0 Å². The van der Waals surface area contributed by atoms with Crippen molar-refractivity contribution in [3.05, 3.63) is 35.9 Å². The lowest BCUT2D eigenvalue weighted by molar-refractivity contribution is -0.467. The van der Waals surface area contributed by atoms with Crippen molar-refractivity contribution in [1.29, 1.82) is 0 Å². The molecule has 1 aromatic heterocycles. The molecule has 5 atom stereocenters. The number of hydrogen-bond acceptors (Lipinski definition) is 4. The fourth-order valence-electron chi connectivity index (χ4n) is 8.40. The highest BCUT2D eigenvalue weighted by Gasteiger charge is 2.61. The third-order valence-electron chi connectivity index (χ3n) is 9.99. The van der Waals surface area contributed by atoms with Crippen LogP contribution >= 0.6 is 0 Å². The summed E-state index contributed by atoms with van der Waals surface area (Å²) >= 11 is 0. The molecule has 0 unspecified atom stereocenters. The lowest BCUT2D eigenvalue weighted by atomic mass is 9.39. The summed E-state index contributed by atoms with van der Waals surface area (Å²) < 4.78 is 40.2. The number of fused-ring (bicyclic) bond motifs is 3. The predicted octanol–water partition coefficient (Wildman–Crippen LogP) is 4.94. The molecule has 0 spiro atoms. The van der Waals surface area contributed by atoms with Gasteiger partial charge >= 0.3 is 5.96 Å². The summed E-state index contributed by atoms with van der Waals surface area (Å²) in [7, 11) is -0.940. The number of rotatable bonds is 4. The number of guanidine groups is 1. The maximum atomic E-state index is 8.63. The van der Waals surface area contributed by atoms with Gasteiger partial charge in [-0.2, -0.15) is 0 Å². The molecular weight excluding hydrogens is 490 g/mol. The molecule has 0 saturated heterocycles. The second-order valence-corrected chi connectivity index (χ2v) is 13.7. The van der Waals surface area contributed by atoms with E-state index in [2.05, 4.69) is 45.3 Å². The molecule has 9 heteroatoms. The van der Waals surface area contributed by atoms with Gasteiger partial charge in [0.1, 0.15) is 0 Å². The maximum absolute atomic E-state index is 8.63. The van der Waals surface area contributed by atoms with Crippen LogP contribution in [0.5, 0.6) is 0 Å². The molecule has 37 heavy (non-hydrogen) atoms. The molecule has 4 N–H and O–H groups in total. The van der Waals surface area contributed by atoms with E-state index < -0.39 is 10.4 Å². The standard InChI is InChI=1S/C28H45N3O.H2O4S/c1-26(2)14-7-15-28(4)23(26)12-16-27(3)22(10-8-20-13-17-32-19-20)21(9-11-24(27)28)18-30-25(29)31(5)6;1-5(2,3)4/h13,17-19,22-24H,7-12,14-16H2,1-6H3,(H2,29,30);(H2,1,2,3,4)/b21-18+;/t22-,23-,24-,27-,28+;/m1./s1. The Bertz CT molecular complexity index is 1080. The van der Waals surface area contributed by atoms with Crippen LogP contribution in [0.4, 0.5) is 0 Å². The number of aryl methyl sites for hydroxylation is 1. The Morgan fingerprint density at radius 2 is 1.86 bits per heavy atom. The average Bonchev–Trinajstić information content (AvgIpc) is 3.27. The number of nitrogens with one attached hydrogen (secondary N) is 1. The van der Waals surface area contributed by atoms with E-state index in [1.165, 1.54) is 56.9 Å². The maximum Gasteiger partial charge on any atom is 0.347 e. The second-order valence-electron chi connectivity index (χ2n) is 12.8. The smallest absolute Gasteiger partial charge is 0.347 e. The van der Waals surface area contributed by atoms with Crippen LogP contribution < -0.4 is 11.1 Å². The van der Waals surface area contributed by atoms with Gasteiger partial charge in [0.2, 0.25) is 10.4 Å². The molecule has 1 aromatic rings. The van der Waals surface area contributed by atoms with Gasteiger partial charge in [0.25, 0.3) is 0 Å². The van der Waals surface area contributed by atoms with Crippen molar-refractivity contribution in [1.82, 2.24) is 5.32 Å². The van der Waals surface area contributed by atoms with Gasteiger partial charge in [-0.05, 0) is 103 Å². The Balaban J connectivity index is 0.000000695. The molecule has 3 aliphatic rings. The first-order valence-electron chi connectivity index (χ1n) is 13.5. The van der Waals surface area contributed by atoms with Gasteiger partial charge in [0.05, 0.1) is 32.8 Å². The fraction of sp³-hybridized carbons (Fsp3) is 0.750. The van der Waals surface area contributed by atoms with Crippen LogP contribution in [0.15, 0.2) is 34.8 Å². The van der Waals surface area contributed by atoms with Crippen LogP contribution in [0.1, 0.15) is 84.6 Å². The normalized spacial score (nSPS) is 33.9. The van der Waals surface area contributed by atoms with Gasteiger partial charge in [0, 0.05) is 0 Å². The quantitative estimate of drug-likeness (QED) is 0.163. The van der Waals surface area contributed by atoms with Crippen molar-refractivity contribution in [3.63, 3.8) is 0 Å². The van der Waals surface area contributed by atoms with E-state index in [4.69, 9.17) is 27.7 Å². The molecular formula is C28H47N3O5S. The number of allylic oxidation sites excluding steroid dienone is 1. The minimum absolute atomic E-state index is 0.348. The van der Waals surface area contributed by atoms with E-state index >= 15 is 0 Å². The molecule has 0 aliphatic heterocycles. The molecule has 0 amide bonds. The molecule has 8 nitrogen and oxygen atoms in total. The van der Waals surface area contributed by atoms with Gasteiger partial charge in [-0.25, -0.2) is 8.42 Å². The first kappa shape index (κ1) is 29.7. The molecule has 4 rings (SSSR count). The van der Waals surface area contributed by atoms with Crippen molar-refractivity contribution in [2.45, 2.75) is 85.5 Å². The Labute approximate surface area is 223 Å². The van der Waals surface area contributed by atoms with Crippen molar-refractivity contribution in [3.8, 4) is 0 Å². The lowest BCUT2D eigenvalue weighted by Gasteiger charge is -2.66. The van der Waals surface area contributed by atoms with Crippen molar-refractivity contribution in [2.75, 3.05) is 14.1 Å². The zero-order chi connectivity index (χ0) is 27.6. The summed E-state index contributed by atoms with van der Waals surface area (Å²) in [5.74, 6) is 2.96. The van der Waals surface area contributed by atoms with Gasteiger partial charge in [-0.15, -0.1) is 0 Å². The highest BCUT2D eigenvalue weighted by atomic mass is 32.3. The monoisotopic (exact) mass is 537 g/mol. The van der Waals surface area contributed by atoms with E-state index in [-0.39, 0.29) is 0 Å². The zero-order valence-electron chi connectivity index (χ0n) is 23.4. The van der Waals surface area contributed by atoms with Crippen molar-refractivity contribution >= 4 is 16.4 Å². The highest BCUT2D eigenvalue weighted by molar-refractivity contribution is 7.79. The highest BCUT2D eigenvalue weighted by Crippen LogP contribution is 2.69. The molecule has 0 bridgehead atoms. The zero-order valence-corrected chi connectivity index (χ0v) is 24.2. The minimum Gasteiger partial charge on any atom is -0.726 e. The first-order chi connectivity index (χ1) is 17.1. The number of furan rings is 1. The lowest BCUT2D eigenvalue weighted by Crippen LogP contribution is -2.58. The molecule has 1 heterocycles. The summed E-state index contributed by atoms with van der Waals surface area (Å²) in [5, 5.41) is 3.41. The van der Waals surface area contributed by atoms with Crippen molar-refractivity contribution < 1.29 is 26.5 Å². The summed E-state index contributed by atoms with van der Waals surface area (Å²) in [6, 6.07) is 2.13. The summed E-state index contributed by atoms with van der Waals surface area (Å²) in [4.78, 5) is 0. The molecule has 0 aromatic carbocycles. The number of nitrogens with zero attached hydrogens (tertiary/aromatic N) is 1. The molecule has 3 aliphatic carbocycles. The second kappa shape index (κ2) is 11.1. The third kappa shape index (κ3) is 6.79. The Morgan fingerprint density at radius 3 is 2.46 bits per heavy atom. The van der Waals surface area contributed by atoms with Crippen LogP contribution in [-0.2, 0) is 16.8 Å². The topological polar surface area (TPSA) is 132 Å². The van der Waals surface area contributed by atoms with Crippen LogP contribution in [0.25, 0.3) is 0 Å². The summed E-state index contributed by atoms with van der Waals surface area (Å²) in [6.45, 7) is 10.4. The van der Waals surface area contributed by atoms with Crippen LogP contribution in [0.3, 0.4) is 0 Å². The molecule has 0 radical (unpaired) electrons. The fourth-order valence-corrected chi connectivity index (χ4v) is 8.40. The predicted molar refractivity (Wildman–Crippen MR) is 145 cm³/mol. The van der Waals surface area contributed by atoms with E-state index in [0.29, 0.717) is 28.1 Å².